The molecule has 35 heavy (non-hydrogen) atoms. The highest BCUT2D eigenvalue weighted by molar-refractivity contribution is 6.21. The summed E-state index contributed by atoms with van der Waals surface area (Å²) in [5.74, 6) is -1.64. The number of amides is 3. The van der Waals surface area contributed by atoms with E-state index in [1.165, 1.54) is 18.4 Å². The van der Waals surface area contributed by atoms with Crippen LogP contribution in [0.3, 0.4) is 0 Å². The number of carbonyl (C=O) groups is 3. The predicted octanol–water partition coefficient (Wildman–Crippen LogP) is 2.85. The number of hydrogen-bond acceptors (Lipinski definition) is 6. The van der Waals surface area contributed by atoms with Crippen LogP contribution in [-0.2, 0) is 13.5 Å². The zero-order valence-electron chi connectivity index (χ0n) is 18.6. The molecule has 0 saturated carbocycles. The molecule has 2 aromatic heterocycles. The molecule has 1 unspecified atom stereocenters. The van der Waals surface area contributed by atoms with Crippen molar-refractivity contribution in [2.45, 2.75) is 12.5 Å². The molecule has 4 aromatic rings. The molecule has 10 heteroatoms. The molecule has 1 aliphatic rings. The summed E-state index contributed by atoms with van der Waals surface area (Å²) in [7, 11) is 1.72. The van der Waals surface area contributed by atoms with Crippen molar-refractivity contribution >= 4 is 17.7 Å². The minimum Gasteiger partial charge on any atom is -0.442 e. The van der Waals surface area contributed by atoms with E-state index in [9.17, 15) is 18.8 Å². The molecule has 176 valence electrons. The van der Waals surface area contributed by atoms with Crippen molar-refractivity contribution in [2.75, 3.05) is 6.54 Å². The van der Waals surface area contributed by atoms with E-state index < -0.39 is 29.6 Å². The van der Waals surface area contributed by atoms with Crippen LogP contribution >= 0.6 is 0 Å². The molecule has 3 heterocycles. The van der Waals surface area contributed by atoms with Gasteiger partial charge in [-0.15, -0.1) is 0 Å². The van der Waals surface area contributed by atoms with Crippen molar-refractivity contribution in [1.29, 1.82) is 0 Å². The molecule has 3 amide bonds. The fourth-order valence-corrected chi connectivity index (χ4v) is 4.07. The molecule has 2 aromatic carbocycles. The Morgan fingerprint density at radius 1 is 1.09 bits per heavy atom. The lowest BCUT2D eigenvalue weighted by Crippen LogP contribution is -2.47. The molecule has 1 N–H and O–H groups in total. The summed E-state index contributed by atoms with van der Waals surface area (Å²) in [4.78, 5) is 44.1. The maximum atomic E-state index is 13.8. The summed E-state index contributed by atoms with van der Waals surface area (Å²) in [6, 6.07) is 13.5. The summed E-state index contributed by atoms with van der Waals surface area (Å²) < 4.78 is 20.8. The Bertz CT molecular complexity index is 1410. The van der Waals surface area contributed by atoms with Gasteiger partial charge in [0.1, 0.15) is 17.8 Å². The van der Waals surface area contributed by atoms with Crippen molar-refractivity contribution in [3.63, 3.8) is 0 Å². The lowest BCUT2D eigenvalue weighted by molar-refractivity contribution is 0.0628. The number of aromatic nitrogens is 3. The van der Waals surface area contributed by atoms with Gasteiger partial charge >= 0.3 is 0 Å². The molecular formula is C25H20FN5O4. The highest BCUT2D eigenvalue weighted by Gasteiger charge is 2.36. The Labute approximate surface area is 199 Å². The number of nitrogens with one attached hydrogen (secondary N) is 1. The smallest absolute Gasteiger partial charge is 0.273 e. The lowest BCUT2D eigenvalue weighted by atomic mass is 10.0. The van der Waals surface area contributed by atoms with Crippen LogP contribution in [0.2, 0.25) is 0 Å². The van der Waals surface area contributed by atoms with Crippen molar-refractivity contribution < 1.29 is 23.2 Å². The number of aryl methyl sites for hydroxylation is 1. The van der Waals surface area contributed by atoms with Gasteiger partial charge < -0.3 is 9.73 Å². The molecule has 0 spiro atoms. The monoisotopic (exact) mass is 473 g/mol. The predicted molar refractivity (Wildman–Crippen MR) is 122 cm³/mol. The maximum Gasteiger partial charge on any atom is 0.273 e. The zero-order chi connectivity index (χ0) is 24.5. The average Bonchev–Trinajstić information content (AvgIpc) is 3.55. The van der Waals surface area contributed by atoms with Crippen molar-refractivity contribution in [1.82, 2.24) is 25.0 Å². The second-order valence-electron chi connectivity index (χ2n) is 8.15. The molecule has 0 fully saturated rings. The Kier molecular flexibility index (Phi) is 5.69. The number of benzene rings is 2. The molecule has 1 aliphatic heterocycles. The van der Waals surface area contributed by atoms with Gasteiger partial charge in [-0.05, 0) is 42.3 Å². The summed E-state index contributed by atoms with van der Waals surface area (Å²) in [5, 5.41) is 6.87. The molecule has 0 saturated heterocycles. The molecule has 0 aliphatic carbocycles. The third-order valence-electron chi connectivity index (χ3n) is 5.76. The van der Waals surface area contributed by atoms with Crippen LogP contribution in [0, 0.1) is 5.82 Å². The minimum atomic E-state index is -0.705. The van der Waals surface area contributed by atoms with Crippen LogP contribution < -0.4 is 5.32 Å². The third kappa shape index (κ3) is 4.33. The summed E-state index contributed by atoms with van der Waals surface area (Å²) in [6.07, 6.45) is 2.98. The van der Waals surface area contributed by atoms with Gasteiger partial charge in [-0.3, -0.25) is 24.0 Å². The van der Waals surface area contributed by atoms with E-state index in [-0.39, 0.29) is 24.6 Å². The lowest BCUT2D eigenvalue weighted by Gasteiger charge is -2.23. The van der Waals surface area contributed by atoms with Crippen LogP contribution in [0.5, 0.6) is 0 Å². The van der Waals surface area contributed by atoms with Crippen LogP contribution in [0.25, 0.3) is 11.6 Å². The van der Waals surface area contributed by atoms with Gasteiger partial charge in [0.25, 0.3) is 17.7 Å². The number of fused-ring (bicyclic) bond motifs is 1. The average molecular weight is 473 g/mol. The molecular weight excluding hydrogens is 453 g/mol. The van der Waals surface area contributed by atoms with Crippen molar-refractivity contribution in [3.8, 4) is 11.6 Å². The van der Waals surface area contributed by atoms with Crippen LogP contribution in [-0.4, -0.2) is 50.0 Å². The van der Waals surface area contributed by atoms with Gasteiger partial charge in [-0.1, -0.05) is 24.3 Å². The van der Waals surface area contributed by atoms with Gasteiger partial charge in [0.15, 0.2) is 5.69 Å². The standard InChI is InChI=1S/C25H20FN5O4/c1-30-21(9-10-27-30)23-29-20(14-35-23)22(32)28-17(12-15-5-4-6-16(26)11-15)13-31-24(33)18-7-2-3-8-19(18)25(31)34/h2-11,14,17H,12-13H2,1H3,(H,28,32). The highest BCUT2D eigenvalue weighted by atomic mass is 19.1. The normalized spacial score (nSPS) is 13.7. The Morgan fingerprint density at radius 2 is 1.83 bits per heavy atom. The summed E-state index contributed by atoms with van der Waals surface area (Å²) in [6.45, 7) is -0.0962. The molecule has 9 nitrogen and oxygen atoms in total. The summed E-state index contributed by atoms with van der Waals surface area (Å²) >= 11 is 0. The fourth-order valence-electron chi connectivity index (χ4n) is 4.07. The van der Waals surface area contributed by atoms with E-state index in [2.05, 4.69) is 15.4 Å². The number of carbonyl (C=O) groups excluding carboxylic acids is 3. The molecule has 0 radical (unpaired) electrons. The van der Waals surface area contributed by atoms with E-state index in [0.717, 1.165) is 4.90 Å². The number of hydrogen-bond donors (Lipinski definition) is 1. The van der Waals surface area contributed by atoms with Gasteiger partial charge in [-0.2, -0.15) is 5.10 Å². The molecule has 1 atom stereocenters. The molecule has 0 bridgehead atoms. The Hall–Kier alpha value is -4.60. The minimum absolute atomic E-state index is 0.0211. The SMILES string of the molecule is Cn1nccc1-c1nc(C(=O)NC(Cc2cccc(F)c2)CN2C(=O)c3ccccc3C2=O)co1. The van der Waals surface area contributed by atoms with E-state index >= 15 is 0 Å². The van der Waals surface area contributed by atoms with Gasteiger partial charge in [0, 0.05) is 19.8 Å². The van der Waals surface area contributed by atoms with Crippen molar-refractivity contribution in [2.24, 2.45) is 7.05 Å². The third-order valence-corrected chi connectivity index (χ3v) is 5.76. The largest absolute Gasteiger partial charge is 0.442 e. The number of rotatable bonds is 7. The van der Waals surface area contributed by atoms with E-state index in [1.807, 2.05) is 0 Å². The van der Waals surface area contributed by atoms with Crippen molar-refractivity contribution in [3.05, 3.63) is 95.3 Å². The topological polar surface area (TPSA) is 110 Å². The first kappa shape index (κ1) is 22.2. The fraction of sp³-hybridized carbons (Fsp3) is 0.160. The first-order valence-corrected chi connectivity index (χ1v) is 10.8. The Balaban J connectivity index is 1.38. The second-order valence-corrected chi connectivity index (χ2v) is 8.15. The van der Waals surface area contributed by atoms with Crippen LogP contribution in [0.4, 0.5) is 4.39 Å². The number of imide groups is 1. The van der Waals surface area contributed by atoms with E-state index in [1.54, 1.807) is 60.4 Å². The number of halogens is 1. The first-order valence-electron chi connectivity index (χ1n) is 10.8. The zero-order valence-corrected chi connectivity index (χ0v) is 18.6. The quantitative estimate of drug-likeness (QED) is 0.414. The van der Waals surface area contributed by atoms with Gasteiger partial charge in [-0.25, -0.2) is 9.37 Å². The molecule has 5 rings (SSSR count). The Morgan fingerprint density at radius 3 is 2.49 bits per heavy atom. The van der Waals surface area contributed by atoms with Crippen LogP contribution in [0.1, 0.15) is 36.8 Å². The van der Waals surface area contributed by atoms with Gasteiger partial charge in [0.2, 0.25) is 5.89 Å². The van der Waals surface area contributed by atoms with E-state index in [4.69, 9.17) is 4.42 Å². The second kappa shape index (κ2) is 8.98. The van der Waals surface area contributed by atoms with Crippen LogP contribution in [0.15, 0.2) is 71.5 Å². The number of oxazole rings is 1. The summed E-state index contributed by atoms with van der Waals surface area (Å²) in [5.41, 5.74) is 1.83. The van der Waals surface area contributed by atoms with E-state index in [0.29, 0.717) is 22.4 Å². The maximum absolute atomic E-state index is 13.8. The highest BCUT2D eigenvalue weighted by Crippen LogP contribution is 2.23. The number of nitrogens with zero attached hydrogens (tertiary/aromatic N) is 4. The van der Waals surface area contributed by atoms with Gasteiger partial charge in [0.05, 0.1) is 17.2 Å². The first-order chi connectivity index (χ1) is 16.9.